The molecule has 1 fully saturated rings. The molecule has 0 atom stereocenters. The van der Waals surface area contributed by atoms with E-state index in [2.05, 4.69) is 19.9 Å². The Hall–Kier alpha value is -2.81. The molecule has 154 valence electrons. The summed E-state index contributed by atoms with van der Waals surface area (Å²) in [7, 11) is -3.76. The van der Waals surface area contributed by atoms with Crippen LogP contribution in [0.3, 0.4) is 0 Å². The van der Waals surface area contributed by atoms with E-state index < -0.39 is 10.0 Å². The first-order chi connectivity index (χ1) is 13.8. The number of aromatic nitrogens is 2. The Morgan fingerprint density at radius 2 is 1.90 bits per heavy atom. The molecular formula is C20H25N5O3S. The maximum Gasteiger partial charge on any atom is 0.276 e. The van der Waals surface area contributed by atoms with Gasteiger partial charge in [0.2, 0.25) is 5.91 Å². The molecule has 1 aliphatic rings. The maximum atomic E-state index is 12.6. The highest BCUT2D eigenvalue weighted by Gasteiger charge is 2.26. The number of carbonyl (C=O) groups is 1. The van der Waals surface area contributed by atoms with Crippen LogP contribution < -0.4 is 4.83 Å². The van der Waals surface area contributed by atoms with Gasteiger partial charge in [0.1, 0.15) is 6.33 Å². The highest BCUT2D eigenvalue weighted by molar-refractivity contribution is 7.89. The number of hydrogen-bond acceptors (Lipinski definition) is 6. The average Bonchev–Trinajstić information content (AvgIpc) is 2.72. The van der Waals surface area contributed by atoms with Crippen LogP contribution in [-0.2, 0) is 21.2 Å². The largest absolute Gasteiger partial charge is 0.343 e. The van der Waals surface area contributed by atoms with Crippen LogP contribution in [0.5, 0.6) is 0 Å². The highest BCUT2D eigenvalue weighted by atomic mass is 32.2. The standard InChI is InChI=1S/C20H25N5O3S/c1-15-3-5-19(6-4-15)29(27,28)24-23-20(13-18-7-10-21-14-22-18)17-8-11-25(12-9-17)16(2)26/h3-7,10,14,17,24H,8-9,11-13H2,1-2H3/b23-20+. The number of aryl methyl sites for hydroxylation is 1. The summed E-state index contributed by atoms with van der Waals surface area (Å²) in [6.07, 6.45) is 4.99. The first-order valence-electron chi connectivity index (χ1n) is 9.50. The van der Waals surface area contributed by atoms with E-state index >= 15 is 0 Å². The van der Waals surface area contributed by atoms with Crippen LogP contribution in [0.4, 0.5) is 0 Å². The molecule has 9 heteroatoms. The summed E-state index contributed by atoms with van der Waals surface area (Å²) in [5, 5.41) is 4.30. The molecule has 1 N–H and O–H groups in total. The van der Waals surface area contributed by atoms with Crippen molar-refractivity contribution < 1.29 is 13.2 Å². The van der Waals surface area contributed by atoms with E-state index in [9.17, 15) is 13.2 Å². The molecule has 0 unspecified atom stereocenters. The summed E-state index contributed by atoms with van der Waals surface area (Å²) in [6.45, 7) is 4.72. The van der Waals surface area contributed by atoms with Gasteiger partial charge in [-0.15, -0.1) is 0 Å². The zero-order chi connectivity index (χ0) is 20.9. The van der Waals surface area contributed by atoms with Crippen molar-refractivity contribution in [3.8, 4) is 0 Å². The lowest BCUT2D eigenvalue weighted by Crippen LogP contribution is -2.40. The van der Waals surface area contributed by atoms with E-state index in [-0.39, 0.29) is 16.7 Å². The molecule has 2 aromatic rings. The molecular weight excluding hydrogens is 390 g/mol. The fraction of sp³-hybridized carbons (Fsp3) is 0.400. The Kier molecular flexibility index (Phi) is 6.58. The van der Waals surface area contributed by atoms with Crippen LogP contribution in [0.25, 0.3) is 0 Å². The molecule has 1 aromatic heterocycles. The van der Waals surface area contributed by atoms with Gasteiger partial charge in [-0.3, -0.25) is 4.79 Å². The number of hydrazone groups is 1. The maximum absolute atomic E-state index is 12.6. The Morgan fingerprint density at radius 1 is 1.21 bits per heavy atom. The van der Waals surface area contributed by atoms with Gasteiger partial charge < -0.3 is 4.90 Å². The third-order valence-electron chi connectivity index (χ3n) is 5.06. The van der Waals surface area contributed by atoms with Crippen LogP contribution in [0.2, 0.25) is 0 Å². The summed E-state index contributed by atoms with van der Waals surface area (Å²) < 4.78 is 25.3. The molecule has 29 heavy (non-hydrogen) atoms. The van der Waals surface area contributed by atoms with Crippen LogP contribution in [0.15, 0.2) is 52.9 Å². The number of carbonyl (C=O) groups excluding carboxylic acids is 1. The van der Waals surface area contributed by atoms with Gasteiger partial charge in [-0.1, -0.05) is 17.7 Å². The molecule has 1 amide bonds. The van der Waals surface area contributed by atoms with Crippen molar-refractivity contribution in [3.63, 3.8) is 0 Å². The monoisotopic (exact) mass is 415 g/mol. The number of rotatable bonds is 6. The Morgan fingerprint density at radius 3 is 2.48 bits per heavy atom. The molecule has 1 aromatic carbocycles. The third kappa shape index (κ3) is 5.60. The summed E-state index contributed by atoms with van der Waals surface area (Å²) >= 11 is 0. The molecule has 8 nitrogen and oxygen atoms in total. The van der Waals surface area contributed by atoms with Gasteiger partial charge in [0.15, 0.2) is 0 Å². The summed E-state index contributed by atoms with van der Waals surface area (Å²) in [5.74, 6) is 0.124. The predicted octanol–water partition coefficient (Wildman–Crippen LogP) is 1.92. The van der Waals surface area contributed by atoms with Crippen LogP contribution in [0.1, 0.15) is 31.0 Å². The van der Waals surface area contributed by atoms with Gasteiger partial charge in [-0.2, -0.15) is 13.5 Å². The number of piperidine rings is 1. The molecule has 2 heterocycles. The van der Waals surface area contributed by atoms with Gasteiger partial charge >= 0.3 is 0 Å². The molecule has 0 radical (unpaired) electrons. The predicted molar refractivity (Wildman–Crippen MR) is 110 cm³/mol. The zero-order valence-corrected chi connectivity index (χ0v) is 17.4. The molecule has 1 aliphatic heterocycles. The Balaban J connectivity index is 1.80. The van der Waals surface area contributed by atoms with Crippen LogP contribution in [-0.4, -0.2) is 48.0 Å². The van der Waals surface area contributed by atoms with Gasteiger partial charge in [0.05, 0.1) is 4.90 Å². The molecule has 3 rings (SSSR count). The van der Waals surface area contributed by atoms with Gasteiger partial charge in [0, 0.05) is 50.0 Å². The molecule has 0 aliphatic carbocycles. The smallest absolute Gasteiger partial charge is 0.276 e. The van der Waals surface area contributed by atoms with Crippen molar-refractivity contribution in [3.05, 3.63) is 54.1 Å². The van der Waals surface area contributed by atoms with Gasteiger partial charge in [-0.25, -0.2) is 14.8 Å². The number of benzene rings is 1. The van der Waals surface area contributed by atoms with E-state index in [4.69, 9.17) is 0 Å². The van der Waals surface area contributed by atoms with Crippen molar-refractivity contribution in [2.45, 2.75) is 38.0 Å². The van der Waals surface area contributed by atoms with Crippen molar-refractivity contribution in [1.29, 1.82) is 0 Å². The molecule has 0 bridgehead atoms. The second-order valence-corrected chi connectivity index (χ2v) is 8.83. The first kappa shape index (κ1) is 20.9. The Bertz CT molecular complexity index is 967. The number of amides is 1. The second kappa shape index (κ2) is 9.13. The minimum absolute atomic E-state index is 0.0535. The Labute approximate surface area is 171 Å². The quantitative estimate of drug-likeness (QED) is 0.573. The average molecular weight is 416 g/mol. The lowest BCUT2D eigenvalue weighted by molar-refractivity contribution is -0.129. The lowest BCUT2D eigenvalue weighted by Gasteiger charge is -2.31. The normalized spacial score (nSPS) is 15.9. The summed E-state index contributed by atoms with van der Waals surface area (Å²) in [5.41, 5.74) is 2.46. The van der Waals surface area contributed by atoms with Gasteiger partial charge in [-0.05, 0) is 38.0 Å². The van der Waals surface area contributed by atoms with E-state index in [1.165, 1.54) is 6.33 Å². The molecule has 0 saturated carbocycles. The lowest BCUT2D eigenvalue weighted by atomic mass is 9.89. The highest BCUT2D eigenvalue weighted by Crippen LogP contribution is 2.21. The fourth-order valence-electron chi connectivity index (χ4n) is 3.30. The third-order valence-corrected chi connectivity index (χ3v) is 6.28. The van der Waals surface area contributed by atoms with Gasteiger partial charge in [0.25, 0.3) is 10.0 Å². The summed E-state index contributed by atoms with van der Waals surface area (Å²) in [4.78, 5) is 24.1. The van der Waals surface area contributed by atoms with E-state index in [1.807, 2.05) is 6.92 Å². The SMILES string of the molecule is CC(=O)N1CCC(/C(Cc2ccncn2)=N/NS(=O)(=O)c2ccc(C)cc2)CC1. The number of likely N-dealkylation sites (tertiary alicyclic amines) is 1. The number of nitrogens with one attached hydrogen (secondary N) is 1. The fourth-order valence-corrected chi connectivity index (χ4v) is 4.14. The van der Waals surface area contributed by atoms with Crippen molar-refractivity contribution in [2.75, 3.05) is 13.1 Å². The van der Waals surface area contributed by atoms with Crippen molar-refractivity contribution >= 4 is 21.6 Å². The van der Waals surface area contributed by atoms with E-state index in [0.717, 1.165) is 24.1 Å². The van der Waals surface area contributed by atoms with E-state index in [0.29, 0.717) is 25.2 Å². The van der Waals surface area contributed by atoms with E-state index in [1.54, 1.807) is 48.4 Å². The topological polar surface area (TPSA) is 105 Å². The van der Waals surface area contributed by atoms with Crippen LogP contribution >= 0.6 is 0 Å². The minimum Gasteiger partial charge on any atom is -0.343 e. The molecule has 0 spiro atoms. The number of hydrogen-bond donors (Lipinski definition) is 1. The summed E-state index contributed by atoms with van der Waals surface area (Å²) in [6, 6.07) is 8.40. The number of nitrogens with zero attached hydrogens (tertiary/aromatic N) is 4. The van der Waals surface area contributed by atoms with Crippen LogP contribution in [0, 0.1) is 12.8 Å². The number of sulfonamides is 1. The van der Waals surface area contributed by atoms with Crippen molar-refractivity contribution in [2.24, 2.45) is 11.0 Å². The minimum atomic E-state index is -3.76. The second-order valence-electron chi connectivity index (χ2n) is 7.17. The zero-order valence-electron chi connectivity index (χ0n) is 16.6. The first-order valence-corrected chi connectivity index (χ1v) is 11.0. The van der Waals surface area contributed by atoms with Crippen molar-refractivity contribution in [1.82, 2.24) is 19.7 Å². The molecule has 1 saturated heterocycles.